The molecule has 2 aromatic rings. The number of anilines is 2. The number of hydrogen-bond acceptors (Lipinski definition) is 5. The summed E-state index contributed by atoms with van der Waals surface area (Å²) in [6.07, 6.45) is 0. The van der Waals surface area contributed by atoms with Crippen molar-refractivity contribution in [2.75, 3.05) is 11.1 Å². The Morgan fingerprint density at radius 3 is 2.54 bits per heavy atom. The van der Waals surface area contributed by atoms with Crippen LogP contribution in [0, 0.1) is 11.7 Å². The van der Waals surface area contributed by atoms with Gasteiger partial charge >= 0.3 is 0 Å². The number of rotatable bonds is 3. The van der Waals surface area contributed by atoms with E-state index >= 15 is 0 Å². The Morgan fingerprint density at radius 1 is 1.19 bits per heavy atom. The van der Waals surface area contributed by atoms with E-state index in [9.17, 15) is 23.6 Å². The number of aromatic nitrogens is 1. The van der Waals surface area contributed by atoms with Crippen LogP contribution in [-0.2, 0) is 4.79 Å². The zero-order valence-electron chi connectivity index (χ0n) is 13.9. The number of fused-ring (bicyclic) bond motifs is 1. The zero-order valence-corrected chi connectivity index (χ0v) is 13.9. The van der Waals surface area contributed by atoms with Gasteiger partial charge < -0.3 is 11.1 Å². The summed E-state index contributed by atoms with van der Waals surface area (Å²) in [6.45, 7) is 3.30. The molecule has 3 rings (SSSR count). The van der Waals surface area contributed by atoms with Gasteiger partial charge in [-0.2, -0.15) is 0 Å². The van der Waals surface area contributed by atoms with Gasteiger partial charge in [0.05, 0.1) is 22.5 Å². The van der Waals surface area contributed by atoms with E-state index in [1.165, 1.54) is 12.1 Å². The van der Waals surface area contributed by atoms with Crippen LogP contribution in [0.1, 0.15) is 34.6 Å². The average molecular weight is 358 g/mol. The molecule has 0 bridgehead atoms. The Morgan fingerprint density at radius 2 is 1.88 bits per heavy atom. The molecule has 0 spiro atoms. The third kappa shape index (κ3) is 2.73. The number of imide groups is 1. The lowest BCUT2D eigenvalue weighted by Crippen LogP contribution is -2.24. The molecule has 4 N–H and O–H groups in total. The summed E-state index contributed by atoms with van der Waals surface area (Å²) in [7, 11) is 0. The molecular weight excluding hydrogens is 343 g/mol. The molecule has 1 aliphatic heterocycles. The summed E-state index contributed by atoms with van der Waals surface area (Å²) in [5.74, 6) is -3.13. The fourth-order valence-corrected chi connectivity index (χ4v) is 2.57. The summed E-state index contributed by atoms with van der Waals surface area (Å²) >= 11 is 0. The summed E-state index contributed by atoms with van der Waals surface area (Å²) in [5, 5.41) is 4.48. The molecule has 26 heavy (non-hydrogen) atoms. The van der Waals surface area contributed by atoms with Gasteiger partial charge in [-0.25, -0.2) is 4.39 Å². The lowest BCUT2D eigenvalue weighted by Gasteiger charge is -2.14. The quantitative estimate of drug-likeness (QED) is 0.707. The second-order valence-electron chi connectivity index (χ2n) is 6.08. The molecule has 0 saturated carbocycles. The van der Waals surface area contributed by atoms with Crippen LogP contribution in [0.2, 0.25) is 0 Å². The van der Waals surface area contributed by atoms with Crippen LogP contribution in [0.25, 0.3) is 5.69 Å². The van der Waals surface area contributed by atoms with Gasteiger partial charge in [0.25, 0.3) is 17.4 Å². The second kappa shape index (κ2) is 6.10. The molecule has 134 valence electrons. The number of nitrogen functional groups attached to an aromatic ring is 1. The highest BCUT2D eigenvalue weighted by molar-refractivity contribution is 6.23. The van der Waals surface area contributed by atoms with Crippen molar-refractivity contribution in [2.24, 2.45) is 5.92 Å². The Labute approximate surface area is 146 Å². The van der Waals surface area contributed by atoms with Crippen molar-refractivity contribution in [3.05, 3.63) is 51.6 Å². The van der Waals surface area contributed by atoms with Crippen molar-refractivity contribution < 1.29 is 18.8 Å². The molecule has 1 aromatic carbocycles. The topological polar surface area (TPSA) is 123 Å². The van der Waals surface area contributed by atoms with Crippen molar-refractivity contribution in [3.8, 4) is 5.69 Å². The number of carbonyl (C=O) groups is 3. The molecule has 0 unspecified atom stereocenters. The maximum Gasteiger partial charge on any atom is 0.262 e. The number of benzene rings is 1. The van der Waals surface area contributed by atoms with Crippen molar-refractivity contribution in [1.29, 1.82) is 0 Å². The Hall–Kier alpha value is -3.49. The second-order valence-corrected chi connectivity index (χ2v) is 6.08. The molecule has 1 aliphatic rings. The molecule has 0 radical (unpaired) electrons. The van der Waals surface area contributed by atoms with Gasteiger partial charge in [0, 0.05) is 12.0 Å². The predicted octanol–water partition coefficient (Wildman–Crippen LogP) is 1.04. The third-order valence-electron chi connectivity index (χ3n) is 3.94. The molecule has 8 nitrogen and oxygen atoms in total. The van der Waals surface area contributed by atoms with Crippen LogP contribution >= 0.6 is 0 Å². The number of halogens is 1. The van der Waals surface area contributed by atoms with Gasteiger partial charge in [-0.1, -0.05) is 13.8 Å². The summed E-state index contributed by atoms with van der Waals surface area (Å²) in [4.78, 5) is 47.8. The van der Waals surface area contributed by atoms with E-state index in [-0.39, 0.29) is 34.2 Å². The maximum atomic E-state index is 14.0. The molecule has 1 aromatic heterocycles. The van der Waals surface area contributed by atoms with E-state index < -0.39 is 29.1 Å². The summed E-state index contributed by atoms with van der Waals surface area (Å²) < 4.78 is 15.0. The van der Waals surface area contributed by atoms with Crippen molar-refractivity contribution >= 4 is 29.2 Å². The van der Waals surface area contributed by atoms with Gasteiger partial charge in [0.2, 0.25) is 5.91 Å². The number of hydrogen-bond donors (Lipinski definition) is 3. The van der Waals surface area contributed by atoms with Crippen molar-refractivity contribution in [1.82, 2.24) is 9.88 Å². The van der Waals surface area contributed by atoms with Gasteiger partial charge in [0.1, 0.15) is 11.6 Å². The molecule has 0 saturated heterocycles. The van der Waals surface area contributed by atoms with Crippen LogP contribution in [0.3, 0.4) is 0 Å². The minimum atomic E-state index is -0.716. The van der Waals surface area contributed by atoms with Crippen LogP contribution < -0.4 is 21.9 Å². The van der Waals surface area contributed by atoms with Gasteiger partial charge in [-0.05, 0) is 18.2 Å². The fraction of sp³-hybridized carbons (Fsp3) is 0.176. The number of pyridine rings is 1. The summed E-state index contributed by atoms with van der Waals surface area (Å²) in [5.41, 5.74) is 5.04. The highest BCUT2D eigenvalue weighted by Gasteiger charge is 2.31. The van der Waals surface area contributed by atoms with E-state index in [0.717, 1.165) is 16.7 Å². The number of nitrogens with zero attached hydrogens (tertiary/aromatic N) is 1. The van der Waals surface area contributed by atoms with Crippen LogP contribution in [0.5, 0.6) is 0 Å². The Balaban J connectivity index is 2.15. The largest absolute Gasteiger partial charge is 0.384 e. The number of carbonyl (C=O) groups excluding carboxylic acids is 3. The lowest BCUT2D eigenvalue weighted by atomic mass is 10.1. The minimum Gasteiger partial charge on any atom is -0.384 e. The third-order valence-corrected chi connectivity index (χ3v) is 3.94. The maximum absolute atomic E-state index is 14.0. The van der Waals surface area contributed by atoms with E-state index in [1.54, 1.807) is 13.8 Å². The number of nitrogens with one attached hydrogen (secondary N) is 2. The fourth-order valence-electron chi connectivity index (χ4n) is 2.57. The van der Waals surface area contributed by atoms with Crippen molar-refractivity contribution in [3.63, 3.8) is 0 Å². The zero-order chi connectivity index (χ0) is 19.2. The molecule has 0 aliphatic carbocycles. The number of nitrogens with two attached hydrogens (primary N) is 1. The first-order chi connectivity index (χ1) is 12.2. The molecule has 2 heterocycles. The van der Waals surface area contributed by atoms with Crippen molar-refractivity contribution in [2.45, 2.75) is 13.8 Å². The van der Waals surface area contributed by atoms with E-state index in [0.29, 0.717) is 0 Å². The molecule has 0 atom stereocenters. The first-order valence-corrected chi connectivity index (χ1v) is 7.72. The molecule has 0 fully saturated rings. The highest BCUT2D eigenvalue weighted by Crippen LogP contribution is 2.25. The average Bonchev–Trinajstić information content (AvgIpc) is 2.84. The van der Waals surface area contributed by atoms with Crippen LogP contribution in [0.4, 0.5) is 15.9 Å². The van der Waals surface area contributed by atoms with Gasteiger partial charge in [-0.15, -0.1) is 0 Å². The Bertz CT molecular complexity index is 1030. The minimum absolute atomic E-state index is 0.107. The number of amides is 3. The monoisotopic (exact) mass is 358 g/mol. The molecule has 9 heteroatoms. The van der Waals surface area contributed by atoms with Gasteiger partial charge in [-0.3, -0.25) is 29.1 Å². The van der Waals surface area contributed by atoms with E-state index in [4.69, 9.17) is 5.73 Å². The SMILES string of the molecule is CC(C)C(=O)Nc1cc(-n2c(N)c3c(cc2=O)C(=O)NC3=O)ccc1F. The van der Waals surface area contributed by atoms with E-state index in [2.05, 4.69) is 10.6 Å². The highest BCUT2D eigenvalue weighted by atomic mass is 19.1. The van der Waals surface area contributed by atoms with Crippen LogP contribution in [0.15, 0.2) is 29.1 Å². The van der Waals surface area contributed by atoms with Crippen LogP contribution in [-0.4, -0.2) is 22.3 Å². The van der Waals surface area contributed by atoms with Gasteiger partial charge in [0.15, 0.2) is 0 Å². The summed E-state index contributed by atoms with van der Waals surface area (Å²) in [6, 6.07) is 4.56. The van der Waals surface area contributed by atoms with E-state index in [1.807, 2.05) is 0 Å². The predicted molar refractivity (Wildman–Crippen MR) is 91.7 cm³/mol. The first kappa shape index (κ1) is 17.3. The lowest BCUT2D eigenvalue weighted by molar-refractivity contribution is -0.118. The molecule has 3 amide bonds. The Kier molecular flexibility index (Phi) is 4.07. The standard InChI is InChI=1S/C17H15FN4O4/c1-7(2)15(24)20-11-5-8(3-4-10(11)18)22-12(23)6-9-13(14(22)19)17(26)21-16(9)25/h3-7H,19H2,1-2H3,(H,20,24)(H,21,25,26). The smallest absolute Gasteiger partial charge is 0.262 e. The normalized spacial score (nSPS) is 12.9. The first-order valence-electron chi connectivity index (χ1n) is 7.72. The molecular formula is C17H15FN4O4.